The van der Waals surface area contributed by atoms with Gasteiger partial charge in [-0.1, -0.05) is 19.1 Å². The maximum absolute atomic E-state index is 12.6. The molecule has 2 rings (SSSR count). The van der Waals surface area contributed by atoms with Gasteiger partial charge in [-0.15, -0.1) is 0 Å². The van der Waals surface area contributed by atoms with E-state index in [1.165, 1.54) is 6.07 Å². The number of halogens is 3. The Bertz CT molecular complexity index is 561. The number of nitrogens with zero attached hydrogens (tertiary/aromatic N) is 2. The van der Waals surface area contributed by atoms with Gasteiger partial charge < -0.3 is 9.88 Å². The average Bonchev–Trinajstić information content (AvgIpc) is 2.84. The maximum atomic E-state index is 12.6. The summed E-state index contributed by atoms with van der Waals surface area (Å²) in [6.45, 7) is 3.19. The Morgan fingerprint density at radius 3 is 2.80 bits per heavy atom. The first kappa shape index (κ1) is 14.4. The average molecular weight is 283 g/mol. The molecular formula is C14H16F3N3. The molecule has 3 nitrogen and oxygen atoms in total. The van der Waals surface area contributed by atoms with Crippen molar-refractivity contribution in [3.63, 3.8) is 0 Å². The molecule has 0 amide bonds. The van der Waals surface area contributed by atoms with Gasteiger partial charge in [0.2, 0.25) is 5.95 Å². The molecule has 0 radical (unpaired) electrons. The molecule has 0 spiro atoms. The summed E-state index contributed by atoms with van der Waals surface area (Å²) >= 11 is 0. The number of imidazole rings is 1. The SMILES string of the molecule is CCCn1ccnc1NCc1cccc(C(F)(F)F)c1. The number of aromatic nitrogens is 2. The summed E-state index contributed by atoms with van der Waals surface area (Å²) in [6, 6.07) is 5.30. The molecule has 1 aromatic heterocycles. The predicted octanol–water partition coefficient (Wildman–Crippen LogP) is 3.92. The number of rotatable bonds is 5. The van der Waals surface area contributed by atoms with E-state index in [1.54, 1.807) is 12.3 Å². The van der Waals surface area contributed by atoms with Crippen LogP contribution in [0.3, 0.4) is 0 Å². The molecule has 0 saturated heterocycles. The third kappa shape index (κ3) is 3.53. The van der Waals surface area contributed by atoms with Crippen LogP contribution < -0.4 is 5.32 Å². The Labute approximate surface area is 115 Å². The molecule has 1 aromatic carbocycles. The number of hydrogen-bond acceptors (Lipinski definition) is 2. The lowest BCUT2D eigenvalue weighted by molar-refractivity contribution is -0.137. The van der Waals surface area contributed by atoms with Crippen LogP contribution in [0, 0.1) is 0 Å². The molecular weight excluding hydrogens is 267 g/mol. The van der Waals surface area contributed by atoms with E-state index in [2.05, 4.69) is 17.2 Å². The Balaban J connectivity index is 2.05. The van der Waals surface area contributed by atoms with E-state index in [9.17, 15) is 13.2 Å². The largest absolute Gasteiger partial charge is 0.416 e. The van der Waals surface area contributed by atoms with E-state index in [1.807, 2.05) is 10.8 Å². The van der Waals surface area contributed by atoms with E-state index >= 15 is 0 Å². The van der Waals surface area contributed by atoms with Gasteiger partial charge in [-0.05, 0) is 24.1 Å². The second-order valence-electron chi connectivity index (χ2n) is 4.50. The lowest BCUT2D eigenvalue weighted by Crippen LogP contribution is -2.09. The third-order valence-corrected chi connectivity index (χ3v) is 2.88. The molecule has 1 heterocycles. The lowest BCUT2D eigenvalue weighted by Gasteiger charge is -2.11. The van der Waals surface area contributed by atoms with Crippen molar-refractivity contribution in [2.24, 2.45) is 0 Å². The van der Waals surface area contributed by atoms with Gasteiger partial charge in [0.1, 0.15) is 0 Å². The van der Waals surface area contributed by atoms with Gasteiger partial charge in [0.15, 0.2) is 0 Å². The minimum absolute atomic E-state index is 0.310. The predicted molar refractivity (Wildman–Crippen MR) is 71.3 cm³/mol. The van der Waals surface area contributed by atoms with E-state index < -0.39 is 11.7 Å². The molecule has 0 atom stereocenters. The van der Waals surface area contributed by atoms with Gasteiger partial charge in [-0.2, -0.15) is 13.2 Å². The van der Waals surface area contributed by atoms with Crippen LogP contribution in [-0.4, -0.2) is 9.55 Å². The summed E-state index contributed by atoms with van der Waals surface area (Å²) in [5, 5.41) is 3.06. The van der Waals surface area contributed by atoms with Gasteiger partial charge in [0.25, 0.3) is 0 Å². The minimum Gasteiger partial charge on any atom is -0.352 e. The van der Waals surface area contributed by atoms with E-state index in [0.717, 1.165) is 25.1 Å². The lowest BCUT2D eigenvalue weighted by atomic mass is 10.1. The number of nitrogens with one attached hydrogen (secondary N) is 1. The summed E-state index contributed by atoms with van der Waals surface area (Å²) in [7, 11) is 0. The van der Waals surface area contributed by atoms with Crippen molar-refractivity contribution >= 4 is 5.95 Å². The topological polar surface area (TPSA) is 29.9 Å². The highest BCUT2D eigenvalue weighted by atomic mass is 19.4. The normalized spacial score (nSPS) is 11.6. The summed E-state index contributed by atoms with van der Waals surface area (Å²) in [4.78, 5) is 4.15. The van der Waals surface area contributed by atoms with E-state index in [4.69, 9.17) is 0 Å². The Hall–Kier alpha value is -1.98. The Morgan fingerprint density at radius 1 is 1.30 bits per heavy atom. The monoisotopic (exact) mass is 283 g/mol. The molecule has 108 valence electrons. The van der Waals surface area contributed by atoms with Crippen LogP contribution >= 0.6 is 0 Å². The summed E-state index contributed by atoms with van der Waals surface area (Å²) in [5.41, 5.74) is -0.0560. The smallest absolute Gasteiger partial charge is 0.352 e. The quantitative estimate of drug-likeness (QED) is 0.901. The zero-order chi connectivity index (χ0) is 14.6. The van der Waals surface area contributed by atoms with E-state index in [-0.39, 0.29) is 0 Å². The zero-order valence-electron chi connectivity index (χ0n) is 11.1. The van der Waals surface area contributed by atoms with Crippen LogP contribution in [0.1, 0.15) is 24.5 Å². The minimum atomic E-state index is -4.31. The molecule has 0 unspecified atom stereocenters. The highest BCUT2D eigenvalue weighted by Gasteiger charge is 2.30. The van der Waals surface area contributed by atoms with Crippen molar-refractivity contribution in [2.45, 2.75) is 32.6 Å². The van der Waals surface area contributed by atoms with Crippen molar-refractivity contribution in [1.82, 2.24) is 9.55 Å². The molecule has 20 heavy (non-hydrogen) atoms. The Morgan fingerprint density at radius 2 is 2.10 bits per heavy atom. The highest BCUT2D eigenvalue weighted by Crippen LogP contribution is 2.29. The number of anilines is 1. The van der Waals surface area contributed by atoms with Gasteiger partial charge in [0.05, 0.1) is 5.56 Å². The number of alkyl halides is 3. The fourth-order valence-corrected chi connectivity index (χ4v) is 1.94. The maximum Gasteiger partial charge on any atom is 0.416 e. The van der Waals surface area contributed by atoms with Crippen LogP contribution in [0.4, 0.5) is 19.1 Å². The van der Waals surface area contributed by atoms with Gasteiger partial charge in [0, 0.05) is 25.5 Å². The van der Waals surface area contributed by atoms with Crippen LogP contribution in [0.15, 0.2) is 36.7 Å². The first-order valence-electron chi connectivity index (χ1n) is 6.42. The number of aryl methyl sites for hydroxylation is 1. The van der Waals surface area contributed by atoms with Crippen molar-refractivity contribution < 1.29 is 13.2 Å². The molecule has 0 saturated carbocycles. The van der Waals surface area contributed by atoms with Crippen molar-refractivity contribution in [1.29, 1.82) is 0 Å². The molecule has 6 heteroatoms. The van der Waals surface area contributed by atoms with Crippen molar-refractivity contribution in [3.05, 3.63) is 47.8 Å². The molecule has 0 aliphatic rings. The molecule has 0 bridgehead atoms. The summed E-state index contributed by atoms with van der Waals surface area (Å²) in [5.74, 6) is 0.671. The van der Waals surface area contributed by atoms with Crippen LogP contribution in [0.2, 0.25) is 0 Å². The van der Waals surface area contributed by atoms with Gasteiger partial charge >= 0.3 is 6.18 Å². The van der Waals surface area contributed by atoms with Gasteiger partial charge in [-0.3, -0.25) is 0 Å². The molecule has 0 fully saturated rings. The standard InChI is InChI=1S/C14H16F3N3/c1-2-7-20-8-6-18-13(20)19-10-11-4-3-5-12(9-11)14(15,16)17/h3-6,8-9H,2,7,10H2,1H3,(H,18,19). The first-order valence-corrected chi connectivity index (χ1v) is 6.42. The molecule has 0 aliphatic heterocycles. The van der Waals surface area contributed by atoms with Crippen molar-refractivity contribution in [2.75, 3.05) is 5.32 Å². The molecule has 1 N–H and O–H groups in total. The fourth-order valence-electron chi connectivity index (χ4n) is 1.94. The third-order valence-electron chi connectivity index (χ3n) is 2.88. The van der Waals surface area contributed by atoms with Crippen molar-refractivity contribution in [3.8, 4) is 0 Å². The van der Waals surface area contributed by atoms with Gasteiger partial charge in [-0.25, -0.2) is 4.98 Å². The zero-order valence-corrected chi connectivity index (χ0v) is 11.1. The summed E-state index contributed by atoms with van der Waals surface area (Å²) < 4.78 is 39.8. The summed E-state index contributed by atoms with van der Waals surface area (Å²) in [6.07, 6.45) is 0.174. The van der Waals surface area contributed by atoms with Crippen LogP contribution in [0.5, 0.6) is 0 Å². The second kappa shape index (κ2) is 5.98. The number of benzene rings is 1. The van der Waals surface area contributed by atoms with E-state index in [0.29, 0.717) is 18.1 Å². The fraction of sp³-hybridized carbons (Fsp3) is 0.357. The highest BCUT2D eigenvalue weighted by molar-refractivity contribution is 5.31. The molecule has 0 aliphatic carbocycles. The Kier molecular flexibility index (Phi) is 4.32. The van der Waals surface area contributed by atoms with Crippen LogP contribution in [-0.2, 0) is 19.3 Å². The molecule has 2 aromatic rings. The van der Waals surface area contributed by atoms with Crippen LogP contribution in [0.25, 0.3) is 0 Å². The first-order chi connectivity index (χ1) is 9.50. The number of hydrogen-bond donors (Lipinski definition) is 1. The second-order valence-corrected chi connectivity index (χ2v) is 4.50.